The van der Waals surface area contributed by atoms with Crippen LogP contribution in [0.15, 0.2) is 22.7 Å². The van der Waals surface area contributed by atoms with Crippen LogP contribution < -0.4 is 5.32 Å². The van der Waals surface area contributed by atoms with Crippen molar-refractivity contribution in [1.29, 1.82) is 0 Å². The number of carboxylic acids is 1. The molecular formula is C15H19BrN2O3. The van der Waals surface area contributed by atoms with Gasteiger partial charge in [0, 0.05) is 23.2 Å². The number of hydrogen-bond donors (Lipinski definition) is 2. The Labute approximate surface area is 132 Å². The van der Waals surface area contributed by atoms with Gasteiger partial charge in [-0.2, -0.15) is 0 Å². The highest BCUT2D eigenvalue weighted by Crippen LogP contribution is 2.26. The third-order valence-corrected chi connectivity index (χ3v) is 4.66. The summed E-state index contributed by atoms with van der Waals surface area (Å²) in [5.74, 6) is -1.13. The monoisotopic (exact) mass is 354 g/mol. The number of nitrogens with zero attached hydrogens (tertiary/aromatic N) is 1. The fraction of sp³-hybridized carbons (Fsp3) is 0.467. The van der Waals surface area contributed by atoms with E-state index in [0.29, 0.717) is 13.0 Å². The summed E-state index contributed by atoms with van der Waals surface area (Å²) in [4.78, 5) is 25.1. The van der Waals surface area contributed by atoms with Gasteiger partial charge in [0.15, 0.2) is 0 Å². The zero-order chi connectivity index (χ0) is 15.6. The van der Waals surface area contributed by atoms with Gasteiger partial charge in [0.05, 0.1) is 5.92 Å². The van der Waals surface area contributed by atoms with Crippen LogP contribution in [0, 0.1) is 18.8 Å². The lowest BCUT2D eigenvalue weighted by atomic mass is 9.91. The molecule has 0 aliphatic carbocycles. The van der Waals surface area contributed by atoms with Crippen LogP contribution in [-0.4, -0.2) is 35.1 Å². The highest BCUT2D eigenvalue weighted by atomic mass is 79.9. The van der Waals surface area contributed by atoms with E-state index in [4.69, 9.17) is 5.11 Å². The Balaban J connectivity index is 2.09. The molecular weight excluding hydrogens is 336 g/mol. The SMILES string of the molecule is Cc1c(Br)cccc1NC(=O)N1CC(C)CC(C(=O)O)C1. The molecule has 0 bridgehead atoms. The molecule has 1 saturated heterocycles. The standard InChI is InChI=1S/C15H19BrN2O3/c1-9-6-11(14(19)20)8-18(7-9)15(21)17-13-5-3-4-12(16)10(13)2/h3-5,9,11H,6-8H2,1-2H3,(H,17,21)(H,19,20). The second-order valence-corrected chi connectivity index (χ2v) is 6.48. The molecule has 1 aromatic rings. The molecule has 114 valence electrons. The summed E-state index contributed by atoms with van der Waals surface area (Å²) in [5.41, 5.74) is 1.69. The molecule has 2 atom stereocenters. The van der Waals surface area contributed by atoms with E-state index in [0.717, 1.165) is 15.7 Å². The van der Waals surface area contributed by atoms with Crippen LogP contribution in [-0.2, 0) is 4.79 Å². The van der Waals surface area contributed by atoms with Gasteiger partial charge in [-0.05, 0) is 37.0 Å². The first-order valence-electron chi connectivity index (χ1n) is 6.92. The quantitative estimate of drug-likeness (QED) is 0.855. The van der Waals surface area contributed by atoms with Crippen LogP contribution in [0.3, 0.4) is 0 Å². The van der Waals surface area contributed by atoms with Crippen LogP contribution in [0.4, 0.5) is 10.5 Å². The first-order chi connectivity index (χ1) is 9.88. The van der Waals surface area contributed by atoms with Crippen molar-refractivity contribution in [2.24, 2.45) is 11.8 Å². The molecule has 2 amide bonds. The van der Waals surface area contributed by atoms with Gasteiger partial charge in [-0.1, -0.05) is 28.9 Å². The molecule has 0 saturated carbocycles. The second-order valence-electron chi connectivity index (χ2n) is 5.62. The first-order valence-corrected chi connectivity index (χ1v) is 7.71. The highest BCUT2D eigenvalue weighted by Gasteiger charge is 2.32. The van der Waals surface area contributed by atoms with Crippen molar-refractivity contribution >= 4 is 33.6 Å². The highest BCUT2D eigenvalue weighted by molar-refractivity contribution is 9.10. The fourth-order valence-electron chi connectivity index (χ4n) is 2.63. The van der Waals surface area contributed by atoms with E-state index in [1.54, 1.807) is 4.90 Å². The number of benzene rings is 1. The zero-order valence-corrected chi connectivity index (χ0v) is 13.7. The number of anilines is 1. The summed E-state index contributed by atoms with van der Waals surface area (Å²) >= 11 is 3.43. The van der Waals surface area contributed by atoms with Crippen molar-refractivity contribution in [2.45, 2.75) is 20.3 Å². The molecule has 2 N–H and O–H groups in total. The molecule has 2 rings (SSSR count). The number of piperidine rings is 1. The van der Waals surface area contributed by atoms with Gasteiger partial charge in [-0.15, -0.1) is 0 Å². The van der Waals surface area contributed by atoms with Crippen molar-refractivity contribution in [3.8, 4) is 0 Å². The van der Waals surface area contributed by atoms with Crippen LogP contribution in [0.2, 0.25) is 0 Å². The smallest absolute Gasteiger partial charge is 0.321 e. The normalized spacial score (nSPS) is 22.0. The minimum Gasteiger partial charge on any atom is -0.481 e. The number of nitrogens with one attached hydrogen (secondary N) is 1. The van der Waals surface area contributed by atoms with E-state index in [-0.39, 0.29) is 18.5 Å². The van der Waals surface area contributed by atoms with Gasteiger partial charge >= 0.3 is 12.0 Å². The third-order valence-electron chi connectivity index (χ3n) is 3.81. The summed E-state index contributed by atoms with van der Waals surface area (Å²) in [6.07, 6.45) is 0.620. The van der Waals surface area contributed by atoms with Crippen molar-refractivity contribution < 1.29 is 14.7 Å². The number of likely N-dealkylation sites (tertiary alicyclic amines) is 1. The molecule has 1 aliphatic heterocycles. The summed E-state index contributed by atoms with van der Waals surface area (Å²) < 4.78 is 0.927. The number of carboxylic acid groups (broad SMARTS) is 1. The maximum absolute atomic E-state index is 12.4. The van der Waals surface area contributed by atoms with Crippen molar-refractivity contribution in [3.63, 3.8) is 0 Å². The maximum Gasteiger partial charge on any atom is 0.321 e. The van der Waals surface area contributed by atoms with E-state index in [9.17, 15) is 9.59 Å². The molecule has 6 heteroatoms. The number of aliphatic carboxylic acids is 1. The number of rotatable bonds is 2. The molecule has 2 unspecified atom stereocenters. The Hall–Kier alpha value is -1.56. The van der Waals surface area contributed by atoms with Crippen LogP contribution in [0.5, 0.6) is 0 Å². The van der Waals surface area contributed by atoms with E-state index in [1.807, 2.05) is 32.0 Å². The van der Waals surface area contributed by atoms with E-state index >= 15 is 0 Å². The fourth-order valence-corrected chi connectivity index (χ4v) is 3.00. The number of urea groups is 1. The summed E-state index contributed by atoms with van der Waals surface area (Å²) in [5, 5.41) is 12.0. The Kier molecular flexibility index (Phi) is 4.88. The third kappa shape index (κ3) is 3.75. The number of halogens is 1. The van der Waals surface area contributed by atoms with E-state index in [1.165, 1.54) is 0 Å². The van der Waals surface area contributed by atoms with Gasteiger partial charge < -0.3 is 15.3 Å². The lowest BCUT2D eigenvalue weighted by Gasteiger charge is -2.34. The molecule has 1 aliphatic rings. The van der Waals surface area contributed by atoms with E-state index in [2.05, 4.69) is 21.2 Å². The van der Waals surface area contributed by atoms with Crippen LogP contribution in [0.1, 0.15) is 18.9 Å². The minimum absolute atomic E-state index is 0.189. The van der Waals surface area contributed by atoms with Crippen LogP contribution >= 0.6 is 15.9 Å². The topological polar surface area (TPSA) is 69.6 Å². The van der Waals surface area contributed by atoms with Gasteiger partial charge in [-0.25, -0.2) is 4.79 Å². The number of carbonyl (C=O) groups is 2. The molecule has 1 aromatic carbocycles. The number of carbonyl (C=O) groups excluding carboxylic acids is 1. The molecule has 1 heterocycles. The van der Waals surface area contributed by atoms with Gasteiger partial charge in [0.25, 0.3) is 0 Å². The summed E-state index contributed by atoms with van der Waals surface area (Å²) in [6.45, 7) is 4.74. The van der Waals surface area contributed by atoms with Gasteiger partial charge in [0.1, 0.15) is 0 Å². The predicted molar refractivity (Wildman–Crippen MR) is 84.4 cm³/mol. The Morgan fingerprint density at radius 3 is 2.76 bits per heavy atom. The largest absolute Gasteiger partial charge is 0.481 e. The van der Waals surface area contributed by atoms with E-state index < -0.39 is 11.9 Å². The van der Waals surface area contributed by atoms with Crippen molar-refractivity contribution in [1.82, 2.24) is 4.90 Å². The Morgan fingerprint density at radius 2 is 2.10 bits per heavy atom. The predicted octanol–water partition coefficient (Wildman–Crippen LogP) is 3.33. The summed E-state index contributed by atoms with van der Waals surface area (Å²) in [7, 11) is 0. The summed E-state index contributed by atoms with van der Waals surface area (Å²) in [6, 6.07) is 5.36. The van der Waals surface area contributed by atoms with Gasteiger partial charge in [-0.3, -0.25) is 4.79 Å². The second kappa shape index (κ2) is 6.47. The maximum atomic E-state index is 12.4. The Morgan fingerprint density at radius 1 is 1.38 bits per heavy atom. The van der Waals surface area contributed by atoms with Gasteiger partial charge in [0.2, 0.25) is 0 Å². The number of amides is 2. The molecule has 1 fully saturated rings. The lowest BCUT2D eigenvalue weighted by Crippen LogP contribution is -2.47. The molecule has 5 nitrogen and oxygen atoms in total. The molecule has 0 radical (unpaired) electrons. The van der Waals surface area contributed by atoms with Crippen molar-refractivity contribution in [2.75, 3.05) is 18.4 Å². The Bertz CT molecular complexity index is 562. The lowest BCUT2D eigenvalue weighted by molar-refractivity contribution is -0.143. The zero-order valence-electron chi connectivity index (χ0n) is 12.1. The average Bonchev–Trinajstić information content (AvgIpc) is 2.43. The number of hydrogen-bond acceptors (Lipinski definition) is 2. The molecule has 0 spiro atoms. The average molecular weight is 355 g/mol. The minimum atomic E-state index is -0.835. The first kappa shape index (κ1) is 15.8. The molecule has 0 aromatic heterocycles. The van der Waals surface area contributed by atoms with Crippen molar-refractivity contribution in [3.05, 3.63) is 28.2 Å². The van der Waals surface area contributed by atoms with Crippen LogP contribution in [0.25, 0.3) is 0 Å². The molecule has 21 heavy (non-hydrogen) atoms.